The van der Waals surface area contributed by atoms with E-state index in [-0.39, 0.29) is 0 Å². The van der Waals surface area contributed by atoms with Crippen LogP contribution in [-0.2, 0) is 4.79 Å². The van der Waals surface area contributed by atoms with Crippen molar-refractivity contribution in [1.82, 2.24) is 4.90 Å². The maximum atomic E-state index is 10.5. The lowest BCUT2D eigenvalue weighted by atomic mass is 10.3. The fourth-order valence-electron chi connectivity index (χ4n) is 1.37. The summed E-state index contributed by atoms with van der Waals surface area (Å²) in [6.45, 7) is 3.78. The number of nitrogens with zero attached hydrogens (tertiary/aromatic N) is 1. The molecule has 0 atom stereocenters. The summed E-state index contributed by atoms with van der Waals surface area (Å²) in [7, 11) is 0. The van der Waals surface area contributed by atoms with Crippen LogP contribution in [0.2, 0.25) is 0 Å². The largest absolute Gasteiger partial charge is 0.365 e. The molecule has 0 N–H and O–H groups in total. The third-order valence-electron chi connectivity index (χ3n) is 2.04. The molecule has 0 radical (unpaired) electrons. The third kappa shape index (κ3) is 2.15. The summed E-state index contributed by atoms with van der Waals surface area (Å²) >= 11 is 0. The Morgan fingerprint density at radius 3 is 2.58 bits per heavy atom. The Labute approximate surface area is 73.2 Å². The van der Waals surface area contributed by atoms with E-state index < -0.39 is 0 Å². The van der Waals surface area contributed by atoms with Gasteiger partial charge in [-0.3, -0.25) is 0 Å². The second-order valence-electron chi connectivity index (χ2n) is 2.85. The van der Waals surface area contributed by atoms with Crippen LogP contribution < -0.4 is 0 Å². The van der Waals surface area contributed by atoms with Gasteiger partial charge in [0.25, 0.3) is 0 Å². The Kier molecular flexibility index (Phi) is 3.44. The first-order chi connectivity index (χ1) is 5.88. The molecule has 1 heterocycles. The van der Waals surface area contributed by atoms with E-state index in [4.69, 9.17) is 0 Å². The predicted molar refractivity (Wildman–Crippen MR) is 48.1 cm³/mol. The average molecular weight is 163 g/mol. The maximum absolute atomic E-state index is 10.5. The predicted octanol–water partition coefficient (Wildman–Crippen LogP) is 1.21. The van der Waals surface area contributed by atoms with Crippen molar-refractivity contribution in [3.8, 4) is 11.8 Å². The first-order valence-electron chi connectivity index (χ1n) is 4.27. The van der Waals surface area contributed by atoms with Crippen LogP contribution in [0.3, 0.4) is 0 Å². The molecule has 0 spiro atoms. The molecule has 0 aromatic carbocycles. The van der Waals surface area contributed by atoms with Crippen molar-refractivity contribution in [2.24, 2.45) is 0 Å². The van der Waals surface area contributed by atoms with Crippen LogP contribution in [0, 0.1) is 11.8 Å². The lowest BCUT2D eigenvalue weighted by Gasteiger charge is -2.15. The number of carbonyl (C=O) groups excluding carboxylic acids is 1. The van der Waals surface area contributed by atoms with Crippen LogP contribution in [0.25, 0.3) is 0 Å². The van der Waals surface area contributed by atoms with Crippen LogP contribution in [0.5, 0.6) is 0 Å². The molecular formula is C10H13NO. The Hall–Kier alpha value is -1.19. The zero-order valence-corrected chi connectivity index (χ0v) is 7.39. The summed E-state index contributed by atoms with van der Waals surface area (Å²) in [5.41, 5.74) is 0.724. The van der Waals surface area contributed by atoms with Gasteiger partial charge in [0, 0.05) is 13.1 Å². The molecule has 64 valence electrons. The molecule has 0 amide bonds. The molecule has 2 heteroatoms. The highest BCUT2D eigenvalue weighted by Crippen LogP contribution is 2.14. The van der Waals surface area contributed by atoms with Gasteiger partial charge in [0.15, 0.2) is 0 Å². The smallest absolute Gasteiger partial charge is 0.146 e. The SMILES string of the molecule is CC#CCC(=C=O)N1CCCC1. The number of hydrogen-bond donors (Lipinski definition) is 0. The first-order valence-corrected chi connectivity index (χ1v) is 4.27. The molecule has 1 aliphatic rings. The lowest BCUT2D eigenvalue weighted by molar-refractivity contribution is 0.420. The van der Waals surface area contributed by atoms with Gasteiger partial charge in [0.05, 0.1) is 6.42 Å². The van der Waals surface area contributed by atoms with Crippen molar-refractivity contribution in [2.45, 2.75) is 26.2 Å². The lowest BCUT2D eigenvalue weighted by Crippen LogP contribution is -2.18. The summed E-state index contributed by atoms with van der Waals surface area (Å²) in [5.74, 6) is 7.63. The van der Waals surface area contributed by atoms with Gasteiger partial charge < -0.3 is 4.90 Å². The minimum Gasteiger partial charge on any atom is -0.365 e. The molecule has 0 unspecified atom stereocenters. The minimum absolute atomic E-state index is 0.556. The molecule has 12 heavy (non-hydrogen) atoms. The van der Waals surface area contributed by atoms with Crippen LogP contribution in [0.1, 0.15) is 26.2 Å². The number of hydrogen-bond acceptors (Lipinski definition) is 2. The van der Waals surface area contributed by atoms with Crippen LogP contribution >= 0.6 is 0 Å². The van der Waals surface area contributed by atoms with E-state index in [1.165, 1.54) is 12.8 Å². The highest BCUT2D eigenvalue weighted by molar-refractivity contribution is 5.52. The molecule has 1 fully saturated rings. The van der Waals surface area contributed by atoms with Crippen LogP contribution in [0.4, 0.5) is 0 Å². The van der Waals surface area contributed by atoms with E-state index in [1.807, 2.05) is 5.94 Å². The normalized spacial score (nSPS) is 14.9. The summed E-state index contributed by atoms with van der Waals surface area (Å²) in [4.78, 5) is 12.6. The van der Waals surface area contributed by atoms with Crippen molar-refractivity contribution < 1.29 is 4.79 Å². The molecule has 0 bridgehead atoms. The Morgan fingerprint density at radius 2 is 2.08 bits per heavy atom. The summed E-state index contributed by atoms with van der Waals surface area (Å²) in [5, 5.41) is 0. The molecule has 1 saturated heterocycles. The maximum Gasteiger partial charge on any atom is 0.146 e. The van der Waals surface area contributed by atoms with Gasteiger partial charge in [0.2, 0.25) is 0 Å². The monoisotopic (exact) mass is 163 g/mol. The molecule has 0 aromatic rings. The fourth-order valence-corrected chi connectivity index (χ4v) is 1.37. The van der Waals surface area contributed by atoms with E-state index in [9.17, 15) is 4.79 Å². The molecule has 1 rings (SSSR count). The summed E-state index contributed by atoms with van der Waals surface area (Å²) in [6, 6.07) is 0. The Balaban J connectivity index is 2.54. The van der Waals surface area contributed by atoms with E-state index in [0.717, 1.165) is 18.8 Å². The fraction of sp³-hybridized carbons (Fsp3) is 0.600. The van der Waals surface area contributed by atoms with E-state index in [1.54, 1.807) is 6.92 Å². The highest BCUT2D eigenvalue weighted by Gasteiger charge is 2.14. The molecule has 1 aliphatic heterocycles. The van der Waals surface area contributed by atoms with Gasteiger partial charge >= 0.3 is 0 Å². The Morgan fingerprint density at radius 1 is 1.42 bits per heavy atom. The van der Waals surface area contributed by atoms with E-state index >= 15 is 0 Å². The van der Waals surface area contributed by atoms with E-state index in [2.05, 4.69) is 16.7 Å². The topological polar surface area (TPSA) is 20.3 Å². The minimum atomic E-state index is 0.556. The quantitative estimate of drug-likeness (QED) is 0.450. The van der Waals surface area contributed by atoms with Crippen molar-refractivity contribution in [3.05, 3.63) is 5.70 Å². The zero-order valence-electron chi connectivity index (χ0n) is 7.39. The molecule has 2 nitrogen and oxygen atoms in total. The van der Waals surface area contributed by atoms with Gasteiger partial charge in [-0.15, -0.1) is 5.92 Å². The number of likely N-dealkylation sites (tertiary alicyclic amines) is 1. The van der Waals surface area contributed by atoms with Gasteiger partial charge in [-0.25, -0.2) is 4.79 Å². The standard InChI is InChI=1S/C10H13NO/c1-2-3-6-10(9-12)11-7-4-5-8-11/h4-8H2,1H3. The summed E-state index contributed by atoms with van der Waals surface area (Å²) in [6.07, 6.45) is 2.93. The van der Waals surface area contributed by atoms with Crippen molar-refractivity contribution in [2.75, 3.05) is 13.1 Å². The van der Waals surface area contributed by atoms with Gasteiger partial charge in [-0.2, -0.15) is 0 Å². The van der Waals surface area contributed by atoms with Crippen LogP contribution in [-0.4, -0.2) is 23.9 Å². The molecular weight excluding hydrogens is 150 g/mol. The highest BCUT2D eigenvalue weighted by atomic mass is 16.1. The second-order valence-corrected chi connectivity index (χ2v) is 2.85. The Bertz CT molecular complexity index is 247. The average Bonchev–Trinajstić information content (AvgIpc) is 2.59. The van der Waals surface area contributed by atoms with E-state index in [0.29, 0.717) is 6.42 Å². The zero-order chi connectivity index (χ0) is 8.81. The van der Waals surface area contributed by atoms with Crippen molar-refractivity contribution >= 4 is 5.94 Å². The van der Waals surface area contributed by atoms with Gasteiger partial charge in [0.1, 0.15) is 11.6 Å². The number of rotatable bonds is 2. The first kappa shape index (κ1) is 8.90. The second kappa shape index (κ2) is 4.64. The molecule has 0 aromatic heterocycles. The summed E-state index contributed by atoms with van der Waals surface area (Å²) < 4.78 is 0. The van der Waals surface area contributed by atoms with Gasteiger partial charge in [-0.05, 0) is 19.8 Å². The van der Waals surface area contributed by atoms with Crippen molar-refractivity contribution in [3.63, 3.8) is 0 Å². The van der Waals surface area contributed by atoms with Gasteiger partial charge in [-0.1, -0.05) is 5.92 Å². The molecule has 0 saturated carbocycles. The number of allylic oxidation sites excluding steroid dienone is 1. The molecule has 0 aliphatic carbocycles. The van der Waals surface area contributed by atoms with Crippen LogP contribution in [0.15, 0.2) is 5.70 Å². The third-order valence-corrected chi connectivity index (χ3v) is 2.04. The van der Waals surface area contributed by atoms with Crippen molar-refractivity contribution in [1.29, 1.82) is 0 Å².